The molecule has 0 aliphatic carbocycles. The van der Waals surface area contributed by atoms with Crippen LogP contribution in [0.25, 0.3) is 33.9 Å². The normalized spacial score (nSPS) is 10.6. The molecule has 0 spiro atoms. The van der Waals surface area contributed by atoms with Gasteiger partial charge in [0, 0.05) is 11.1 Å². The zero-order chi connectivity index (χ0) is 15.5. The summed E-state index contributed by atoms with van der Waals surface area (Å²) in [6.07, 6.45) is 1.78. The van der Waals surface area contributed by atoms with Gasteiger partial charge in [0.2, 0.25) is 5.89 Å². The molecule has 0 aliphatic rings. The van der Waals surface area contributed by atoms with Crippen LogP contribution in [0.1, 0.15) is 0 Å². The van der Waals surface area contributed by atoms with Gasteiger partial charge in [-0.05, 0) is 23.3 Å². The highest BCUT2D eigenvalue weighted by molar-refractivity contribution is 5.68. The molecule has 0 unspecified atom stereocenters. The second-order valence-electron chi connectivity index (χ2n) is 5.34. The Morgan fingerprint density at radius 3 is 1.70 bits per heavy atom. The van der Waals surface area contributed by atoms with E-state index in [0.717, 1.165) is 16.9 Å². The number of aromatic nitrogens is 1. The van der Waals surface area contributed by atoms with Gasteiger partial charge in [0.25, 0.3) is 0 Å². The molecule has 0 aliphatic heterocycles. The van der Waals surface area contributed by atoms with Crippen LogP contribution in [-0.4, -0.2) is 4.98 Å². The average Bonchev–Trinajstić information content (AvgIpc) is 3.14. The van der Waals surface area contributed by atoms with E-state index in [9.17, 15) is 0 Å². The van der Waals surface area contributed by atoms with E-state index in [1.807, 2.05) is 48.5 Å². The topological polar surface area (TPSA) is 26.0 Å². The highest BCUT2D eigenvalue weighted by Crippen LogP contribution is 2.28. The standard InChI is InChI=1S/C21H15NO/c1-3-7-16(8-4-1)17-11-13-18(14-12-17)20-15-22-21(23-20)19-9-5-2-6-10-19/h1-15H. The van der Waals surface area contributed by atoms with Gasteiger partial charge < -0.3 is 4.42 Å². The molecule has 110 valence electrons. The van der Waals surface area contributed by atoms with Crippen LogP contribution in [0, 0.1) is 0 Å². The Kier molecular flexibility index (Phi) is 3.49. The fraction of sp³-hybridized carbons (Fsp3) is 0. The lowest BCUT2D eigenvalue weighted by molar-refractivity contribution is 0.589. The second-order valence-corrected chi connectivity index (χ2v) is 5.34. The number of benzene rings is 3. The van der Waals surface area contributed by atoms with Crippen LogP contribution in [0.3, 0.4) is 0 Å². The van der Waals surface area contributed by atoms with Crippen LogP contribution in [0.15, 0.2) is 95.5 Å². The maximum Gasteiger partial charge on any atom is 0.226 e. The fourth-order valence-corrected chi connectivity index (χ4v) is 2.58. The van der Waals surface area contributed by atoms with Gasteiger partial charge in [0.1, 0.15) is 0 Å². The quantitative estimate of drug-likeness (QED) is 0.486. The highest BCUT2D eigenvalue weighted by atomic mass is 16.4. The summed E-state index contributed by atoms with van der Waals surface area (Å²) in [5.74, 6) is 1.43. The van der Waals surface area contributed by atoms with Crippen molar-refractivity contribution in [2.75, 3.05) is 0 Å². The van der Waals surface area contributed by atoms with Gasteiger partial charge in [-0.2, -0.15) is 0 Å². The number of hydrogen-bond donors (Lipinski definition) is 0. The number of nitrogens with zero attached hydrogens (tertiary/aromatic N) is 1. The molecule has 4 rings (SSSR count). The summed E-state index contributed by atoms with van der Waals surface area (Å²) in [5.41, 5.74) is 4.41. The molecular formula is C21H15NO. The summed E-state index contributed by atoms with van der Waals surface area (Å²) in [6.45, 7) is 0. The third-order valence-corrected chi connectivity index (χ3v) is 3.80. The molecule has 4 aromatic rings. The zero-order valence-electron chi connectivity index (χ0n) is 12.5. The van der Waals surface area contributed by atoms with Gasteiger partial charge in [-0.25, -0.2) is 4.98 Å². The van der Waals surface area contributed by atoms with Crippen molar-refractivity contribution in [3.05, 3.63) is 91.1 Å². The van der Waals surface area contributed by atoms with Gasteiger partial charge in [0.05, 0.1) is 6.20 Å². The van der Waals surface area contributed by atoms with Crippen molar-refractivity contribution in [3.8, 4) is 33.9 Å². The van der Waals surface area contributed by atoms with E-state index in [4.69, 9.17) is 4.42 Å². The first kappa shape index (κ1) is 13.5. The van der Waals surface area contributed by atoms with Crippen molar-refractivity contribution in [1.82, 2.24) is 4.98 Å². The van der Waals surface area contributed by atoms with Crippen molar-refractivity contribution < 1.29 is 4.42 Å². The molecule has 0 saturated carbocycles. The van der Waals surface area contributed by atoms with E-state index in [1.54, 1.807) is 6.20 Å². The Morgan fingerprint density at radius 2 is 1.04 bits per heavy atom. The average molecular weight is 297 g/mol. The number of rotatable bonds is 3. The van der Waals surface area contributed by atoms with Crippen molar-refractivity contribution >= 4 is 0 Å². The van der Waals surface area contributed by atoms with Gasteiger partial charge in [-0.1, -0.05) is 72.8 Å². The lowest BCUT2D eigenvalue weighted by atomic mass is 10.0. The molecular weight excluding hydrogens is 282 g/mol. The van der Waals surface area contributed by atoms with E-state index >= 15 is 0 Å². The third kappa shape index (κ3) is 2.79. The minimum Gasteiger partial charge on any atom is -0.436 e. The van der Waals surface area contributed by atoms with Crippen LogP contribution in [0.5, 0.6) is 0 Å². The van der Waals surface area contributed by atoms with E-state index in [-0.39, 0.29) is 0 Å². The summed E-state index contributed by atoms with van der Waals surface area (Å²) in [7, 11) is 0. The summed E-state index contributed by atoms with van der Waals surface area (Å²) in [4.78, 5) is 4.38. The molecule has 1 aromatic heterocycles. The van der Waals surface area contributed by atoms with E-state index in [1.165, 1.54) is 11.1 Å². The molecule has 2 heteroatoms. The Hall–Kier alpha value is -3.13. The van der Waals surface area contributed by atoms with E-state index in [0.29, 0.717) is 5.89 Å². The highest BCUT2D eigenvalue weighted by Gasteiger charge is 2.08. The maximum atomic E-state index is 5.89. The Bertz CT molecular complexity index is 894. The Labute approximate surface area is 135 Å². The minimum absolute atomic E-state index is 0.646. The van der Waals surface area contributed by atoms with Gasteiger partial charge in [0.15, 0.2) is 5.76 Å². The van der Waals surface area contributed by atoms with E-state index < -0.39 is 0 Å². The summed E-state index contributed by atoms with van der Waals surface area (Å²) in [5, 5.41) is 0. The van der Waals surface area contributed by atoms with E-state index in [2.05, 4.69) is 41.4 Å². The summed E-state index contributed by atoms with van der Waals surface area (Å²) >= 11 is 0. The summed E-state index contributed by atoms with van der Waals surface area (Å²) < 4.78 is 5.89. The molecule has 1 heterocycles. The van der Waals surface area contributed by atoms with Crippen LogP contribution in [-0.2, 0) is 0 Å². The number of hydrogen-bond acceptors (Lipinski definition) is 2. The lowest BCUT2D eigenvalue weighted by Crippen LogP contribution is -1.78. The first-order valence-electron chi connectivity index (χ1n) is 7.57. The molecule has 3 aromatic carbocycles. The molecule has 0 atom stereocenters. The third-order valence-electron chi connectivity index (χ3n) is 3.80. The SMILES string of the molecule is c1ccc(-c2ccc(-c3cnc(-c4ccccc4)o3)cc2)cc1. The van der Waals surface area contributed by atoms with Crippen LogP contribution in [0.2, 0.25) is 0 Å². The van der Waals surface area contributed by atoms with Crippen LogP contribution >= 0.6 is 0 Å². The zero-order valence-corrected chi connectivity index (χ0v) is 12.5. The maximum absolute atomic E-state index is 5.89. The smallest absolute Gasteiger partial charge is 0.226 e. The van der Waals surface area contributed by atoms with Gasteiger partial charge in [-0.15, -0.1) is 0 Å². The Balaban J connectivity index is 1.63. The second kappa shape index (κ2) is 5.93. The largest absolute Gasteiger partial charge is 0.436 e. The minimum atomic E-state index is 0.646. The Morgan fingerprint density at radius 1 is 0.522 bits per heavy atom. The van der Waals surface area contributed by atoms with Crippen LogP contribution in [0.4, 0.5) is 0 Å². The first-order valence-corrected chi connectivity index (χ1v) is 7.57. The van der Waals surface area contributed by atoms with Crippen molar-refractivity contribution in [2.45, 2.75) is 0 Å². The van der Waals surface area contributed by atoms with Crippen molar-refractivity contribution in [2.24, 2.45) is 0 Å². The molecule has 0 amide bonds. The van der Waals surface area contributed by atoms with Crippen molar-refractivity contribution in [1.29, 1.82) is 0 Å². The molecule has 0 radical (unpaired) electrons. The lowest BCUT2D eigenvalue weighted by Gasteiger charge is -2.02. The van der Waals surface area contributed by atoms with Crippen molar-refractivity contribution in [3.63, 3.8) is 0 Å². The van der Waals surface area contributed by atoms with Gasteiger partial charge in [-0.3, -0.25) is 0 Å². The molecule has 0 saturated heterocycles. The molecule has 0 bridgehead atoms. The molecule has 2 nitrogen and oxygen atoms in total. The predicted molar refractivity (Wildman–Crippen MR) is 92.8 cm³/mol. The van der Waals surface area contributed by atoms with Gasteiger partial charge >= 0.3 is 0 Å². The number of oxazole rings is 1. The molecule has 0 fully saturated rings. The molecule has 0 N–H and O–H groups in total. The molecule has 23 heavy (non-hydrogen) atoms. The first-order chi connectivity index (χ1) is 11.4. The van der Waals surface area contributed by atoms with Crippen LogP contribution < -0.4 is 0 Å². The monoisotopic (exact) mass is 297 g/mol. The fourth-order valence-electron chi connectivity index (χ4n) is 2.58. The summed E-state index contributed by atoms with van der Waals surface area (Å²) in [6, 6.07) is 28.6. The predicted octanol–water partition coefficient (Wildman–Crippen LogP) is 5.68.